The Morgan fingerprint density at radius 2 is 1.33 bits per heavy atom. The topological polar surface area (TPSA) is 29.1 Å². The second-order valence-corrected chi connectivity index (χ2v) is 7.93. The smallest absolute Gasteiger partial charge is 0.348 e. The van der Waals surface area contributed by atoms with Gasteiger partial charge < -0.3 is 5.32 Å². The molecule has 30 heavy (non-hydrogen) atoms. The summed E-state index contributed by atoms with van der Waals surface area (Å²) in [5, 5.41) is 1.96. The number of halogens is 13. The Hall–Kier alpha value is -1.13. The van der Waals surface area contributed by atoms with Gasteiger partial charge in [0.2, 0.25) is 0 Å². The van der Waals surface area contributed by atoms with Crippen LogP contribution < -0.4 is 5.32 Å². The van der Waals surface area contributed by atoms with E-state index >= 15 is 0 Å². The molecule has 170 valence electrons. The van der Waals surface area contributed by atoms with Crippen molar-refractivity contribution < 1.29 is 53.1 Å². The van der Waals surface area contributed by atoms with Crippen molar-refractivity contribution in [3.8, 4) is 0 Å². The van der Waals surface area contributed by atoms with Gasteiger partial charge in [0, 0.05) is 26.2 Å². The van der Waals surface area contributed by atoms with Crippen molar-refractivity contribution in [1.29, 1.82) is 0 Å². The number of carbonyl (C=O) groups is 1. The number of nitrogens with one attached hydrogen (secondary N) is 1. The van der Waals surface area contributed by atoms with E-state index in [1.54, 1.807) is 0 Å². The quantitative estimate of drug-likeness (QED) is 0.266. The van der Waals surface area contributed by atoms with Crippen molar-refractivity contribution in [2.45, 2.75) is 29.9 Å². The molecule has 1 N–H and O–H groups in total. The number of carbonyl (C=O) groups excluding carboxylic acids is 1. The second kappa shape index (κ2) is 8.78. The molecule has 1 rings (SSSR count). The predicted molar refractivity (Wildman–Crippen MR) is 94.4 cm³/mol. The Morgan fingerprint density at radius 3 is 1.77 bits per heavy atom. The van der Waals surface area contributed by atoms with E-state index in [1.807, 2.05) is 5.32 Å². The van der Waals surface area contributed by atoms with Crippen LogP contribution >= 0.6 is 38.5 Å². The largest absolute Gasteiger partial charge is 0.460 e. The van der Waals surface area contributed by atoms with Gasteiger partial charge in [-0.05, 0) is 46.9 Å². The summed E-state index contributed by atoms with van der Waals surface area (Å²) in [5.74, 6) is -29.1. The molecule has 0 unspecified atom stereocenters. The molecule has 0 aliphatic heterocycles. The SMILES string of the molecule is O=C(NCC(I)=CC(F)(F)C(F)(F)C(F)(F)C(F)(F)C(F)(F)F)c1ccc(Br)cc1. The first-order valence-electron chi connectivity index (χ1n) is 7.27. The molecule has 0 aliphatic carbocycles. The Kier molecular flexibility index (Phi) is 7.88. The first-order chi connectivity index (χ1) is 13.3. The number of rotatable bonds is 7. The maximum Gasteiger partial charge on any atom is 0.460 e. The molecule has 0 heterocycles. The Labute approximate surface area is 183 Å². The van der Waals surface area contributed by atoms with Crippen molar-refractivity contribution in [2.75, 3.05) is 6.54 Å². The van der Waals surface area contributed by atoms with E-state index in [1.165, 1.54) is 24.3 Å². The molecule has 0 fully saturated rings. The van der Waals surface area contributed by atoms with Crippen LogP contribution in [0.5, 0.6) is 0 Å². The van der Waals surface area contributed by atoms with Gasteiger partial charge in [0.05, 0.1) is 0 Å². The minimum absolute atomic E-state index is 0.00385. The zero-order valence-corrected chi connectivity index (χ0v) is 17.7. The third-order valence-corrected chi connectivity index (χ3v) is 4.65. The molecule has 0 aromatic heterocycles. The summed E-state index contributed by atoms with van der Waals surface area (Å²) in [4.78, 5) is 11.8. The fourth-order valence-corrected chi connectivity index (χ4v) is 2.64. The third kappa shape index (κ3) is 5.19. The average Bonchev–Trinajstić information content (AvgIpc) is 2.58. The summed E-state index contributed by atoms with van der Waals surface area (Å²) in [6.45, 7) is -0.928. The molecule has 1 amide bonds. The molecule has 0 bridgehead atoms. The molecular formula is C15H8BrF11INO. The Morgan fingerprint density at radius 1 is 0.867 bits per heavy atom. The molecule has 1 aromatic rings. The lowest BCUT2D eigenvalue weighted by atomic mass is 9.98. The lowest BCUT2D eigenvalue weighted by Crippen LogP contribution is -2.66. The maximum absolute atomic E-state index is 13.6. The number of alkyl halides is 11. The van der Waals surface area contributed by atoms with Crippen molar-refractivity contribution >= 4 is 44.4 Å². The predicted octanol–water partition coefficient (Wildman–Crippen LogP) is 6.60. The molecular weight excluding hydrogens is 626 g/mol. The first kappa shape index (κ1) is 26.9. The van der Waals surface area contributed by atoms with Crippen LogP contribution in [0, 0.1) is 0 Å². The van der Waals surface area contributed by atoms with Gasteiger partial charge in [0.25, 0.3) is 5.91 Å². The van der Waals surface area contributed by atoms with Crippen molar-refractivity contribution in [2.24, 2.45) is 0 Å². The highest BCUT2D eigenvalue weighted by atomic mass is 127. The monoisotopic (exact) mass is 633 g/mol. The Bertz CT molecular complexity index is 806. The highest BCUT2D eigenvalue weighted by molar-refractivity contribution is 14.1. The molecule has 0 spiro atoms. The molecule has 1 aromatic carbocycles. The summed E-state index contributed by atoms with van der Waals surface area (Å²) >= 11 is 3.97. The summed E-state index contributed by atoms with van der Waals surface area (Å²) in [7, 11) is 0. The van der Waals surface area contributed by atoms with Crippen LogP contribution in [0.3, 0.4) is 0 Å². The Balaban J connectivity index is 3.06. The highest BCUT2D eigenvalue weighted by Gasteiger charge is 2.86. The van der Waals surface area contributed by atoms with E-state index < -0.39 is 52.0 Å². The van der Waals surface area contributed by atoms with Gasteiger partial charge in [-0.25, -0.2) is 0 Å². The summed E-state index contributed by atoms with van der Waals surface area (Å²) < 4.78 is 142. The van der Waals surface area contributed by atoms with Crippen molar-refractivity contribution in [1.82, 2.24) is 5.32 Å². The van der Waals surface area contributed by atoms with Crippen molar-refractivity contribution in [3.05, 3.63) is 44.0 Å². The van der Waals surface area contributed by atoms with Gasteiger partial charge in [-0.3, -0.25) is 4.79 Å². The van der Waals surface area contributed by atoms with Crippen LogP contribution in [0.4, 0.5) is 48.3 Å². The lowest BCUT2D eigenvalue weighted by molar-refractivity contribution is -0.416. The normalized spacial score (nSPS) is 14.6. The van der Waals surface area contributed by atoms with Crippen LogP contribution in [0.2, 0.25) is 0 Å². The van der Waals surface area contributed by atoms with Crippen LogP contribution in [-0.2, 0) is 0 Å². The third-order valence-electron chi connectivity index (χ3n) is 3.43. The minimum Gasteiger partial charge on any atom is -0.348 e. The fraction of sp³-hybridized carbons (Fsp3) is 0.400. The number of hydrogen-bond acceptors (Lipinski definition) is 1. The molecule has 0 saturated heterocycles. The van der Waals surface area contributed by atoms with Gasteiger partial charge in [-0.1, -0.05) is 15.9 Å². The van der Waals surface area contributed by atoms with Crippen LogP contribution in [0.15, 0.2) is 38.4 Å². The lowest BCUT2D eigenvalue weighted by Gasteiger charge is -2.36. The maximum atomic E-state index is 13.6. The average molecular weight is 634 g/mol. The van der Waals surface area contributed by atoms with E-state index in [0.717, 1.165) is 22.6 Å². The zero-order valence-electron chi connectivity index (χ0n) is 13.9. The van der Waals surface area contributed by atoms with Crippen LogP contribution in [-0.4, -0.2) is 42.3 Å². The van der Waals surface area contributed by atoms with E-state index in [-0.39, 0.29) is 5.56 Å². The molecule has 0 aliphatic rings. The van der Waals surface area contributed by atoms with Crippen LogP contribution in [0.1, 0.15) is 10.4 Å². The number of benzene rings is 1. The number of hydrogen-bond donors (Lipinski definition) is 1. The molecule has 15 heteroatoms. The van der Waals surface area contributed by atoms with Gasteiger partial charge >= 0.3 is 29.9 Å². The number of allylic oxidation sites excluding steroid dienone is 1. The minimum atomic E-state index is -7.48. The molecule has 0 radical (unpaired) electrons. The zero-order chi connectivity index (χ0) is 23.8. The fourth-order valence-electron chi connectivity index (χ4n) is 1.79. The van der Waals surface area contributed by atoms with E-state index in [0.29, 0.717) is 4.47 Å². The van der Waals surface area contributed by atoms with Crippen LogP contribution in [0.25, 0.3) is 0 Å². The first-order valence-corrected chi connectivity index (χ1v) is 9.14. The van der Waals surface area contributed by atoms with Gasteiger partial charge in [0.15, 0.2) is 0 Å². The highest BCUT2D eigenvalue weighted by Crippen LogP contribution is 2.57. The summed E-state index contributed by atoms with van der Waals surface area (Å²) in [6.07, 6.45) is -8.14. The molecule has 0 saturated carbocycles. The van der Waals surface area contributed by atoms with E-state index in [9.17, 15) is 53.1 Å². The van der Waals surface area contributed by atoms with Gasteiger partial charge in [-0.15, -0.1) is 0 Å². The van der Waals surface area contributed by atoms with Gasteiger partial charge in [0.1, 0.15) is 0 Å². The molecule has 0 atom stereocenters. The van der Waals surface area contributed by atoms with Gasteiger partial charge in [-0.2, -0.15) is 48.3 Å². The molecule has 2 nitrogen and oxygen atoms in total. The van der Waals surface area contributed by atoms with Crippen molar-refractivity contribution in [3.63, 3.8) is 0 Å². The van der Waals surface area contributed by atoms with E-state index in [2.05, 4.69) is 15.9 Å². The second-order valence-electron chi connectivity index (χ2n) is 5.62. The summed E-state index contributed by atoms with van der Waals surface area (Å²) in [6, 6.07) is 5.40. The standard InChI is InChI=1S/C15H8BrF11INO/c16-8-3-1-7(2-4-8)10(30)29-6-9(28)5-11(17,18)12(19,20)13(21,22)14(23,24)15(25,26)27/h1-5H,6H2,(H,29,30). The summed E-state index contributed by atoms with van der Waals surface area (Å²) in [5.41, 5.74) is -0.00385. The van der Waals surface area contributed by atoms with E-state index in [4.69, 9.17) is 0 Å². The number of amides is 1.